The van der Waals surface area contributed by atoms with E-state index >= 15 is 0 Å². The molecule has 0 aliphatic carbocycles. The Morgan fingerprint density at radius 2 is 2.04 bits per heavy atom. The van der Waals surface area contributed by atoms with E-state index in [1.165, 1.54) is 11.8 Å². The minimum absolute atomic E-state index is 0.157. The fraction of sp³-hybridized carbons (Fsp3) is 0.125. The van der Waals surface area contributed by atoms with E-state index in [0.29, 0.717) is 15.9 Å². The Bertz CT molecular complexity index is 900. The number of thioether (sulfide) groups is 1. The Morgan fingerprint density at radius 3 is 2.76 bits per heavy atom. The number of benzene rings is 2. The van der Waals surface area contributed by atoms with Crippen LogP contribution in [0.3, 0.4) is 0 Å². The van der Waals surface area contributed by atoms with Crippen LogP contribution in [0.15, 0.2) is 52.1 Å². The monoisotopic (exact) mass is 437 g/mol. The van der Waals surface area contributed by atoms with Crippen LogP contribution in [-0.2, 0) is 4.79 Å². The number of aromatic nitrogens is 4. The van der Waals surface area contributed by atoms with Gasteiger partial charge >= 0.3 is 0 Å². The summed E-state index contributed by atoms with van der Waals surface area (Å²) in [5, 5.41) is 15.6. The van der Waals surface area contributed by atoms with E-state index in [0.717, 1.165) is 15.7 Å². The number of rotatable bonds is 5. The summed E-state index contributed by atoms with van der Waals surface area (Å²) in [6.07, 6.45) is 0. The molecule has 1 heterocycles. The Morgan fingerprint density at radius 1 is 1.28 bits per heavy atom. The van der Waals surface area contributed by atoms with Crippen molar-refractivity contribution in [3.05, 3.63) is 57.5 Å². The van der Waals surface area contributed by atoms with Gasteiger partial charge in [-0.05, 0) is 59.3 Å². The van der Waals surface area contributed by atoms with Crippen molar-refractivity contribution in [3.8, 4) is 5.69 Å². The molecule has 0 saturated heterocycles. The highest BCUT2D eigenvalue weighted by Crippen LogP contribution is 2.22. The molecule has 3 rings (SSSR count). The smallest absolute Gasteiger partial charge is 0.234 e. The van der Waals surface area contributed by atoms with Gasteiger partial charge in [-0.25, -0.2) is 0 Å². The topological polar surface area (TPSA) is 72.7 Å². The van der Waals surface area contributed by atoms with Crippen molar-refractivity contribution >= 4 is 50.9 Å². The zero-order chi connectivity index (χ0) is 17.8. The van der Waals surface area contributed by atoms with E-state index in [2.05, 4.69) is 36.8 Å². The number of amides is 1. The summed E-state index contributed by atoms with van der Waals surface area (Å²) in [7, 11) is 0. The van der Waals surface area contributed by atoms with Gasteiger partial charge in [0, 0.05) is 15.2 Å². The molecule has 0 radical (unpaired) electrons. The molecule has 0 fully saturated rings. The quantitative estimate of drug-likeness (QED) is 0.607. The van der Waals surface area contributed by atoms with Gasteiger partial charge in [-0.2, -0.15) is 4.68 Å². The Labute approximate surface area is 162 Å². The summed E-state index contributed by atoms with van der Waals surface area (Å²) >= 11 is 10.7. The lowest BCUT2D eigenvalue weighted by Gasteiger charge is -2.07. The third-order valence-corrected chi connectivity index (χ3v) is 5.16. The molecule has 6 nitrogen and oxygen atoms in total. The number of anilines is 1. The van der Waals surface area contributed by atoms with Gasteiger partial charge in [0.05, 0.1) is 11.4 Å². The van der Waals surface area contributed by atoms with Gasteiger partial charge in [0.2, 0.25) is 11.1 Å². The number of nitrogens with one attached hydrogen (secondary N) is 1. The molecular weight excluding hydrogens is 426 g/mol. The van der Waals surface area contributed by atoms with Crippen LogP contribution in [0.1, 0.15) is 5.56 Å². The summed E-state index contributed by atoms with van der Waals surface area (Å²) in [5.41, 5.74) is 2.44. The van der Waals surface area contributed by atoms with Crippen molar-refractivity contribution in [3.63, 3.8) is 0 Å². The van der Waals surface area contributed by atoms with Gasteiger partial charge in [0.15, 0.2) is 0 Å². The fourth-order valence-corrected chi connectivity index (χ4v) is 3.15. The average Bonchev–Trinajstić information content (AvgIpc) is 3.06. The third-order valence-electron chi connectivity index (χ3n) is 3.30. The molecule has 2 aromatic carbocycles. The first kappa shape index (κ1) is 17.9. The van der Waals surface area contributed by atoms with E-state index in [1.54, 1.807) is 10.7 Å². The van der Waals surface area contributed by atoms with E-state index in [-0.39, 0.29) is 11.7 Å². The molecule has 3 aromatic rings. The van der Waals surface area contributed by atoms with Crippen LogP contribution in [0.5, 0.6) is 0 Å². The molecule has 0 spiro atoms. The van der Waals surface area contributed by atoms with Gasteiger partial charge in [-0.3, -0.25) is 4.79 Å². The summed E-state index contributed by atoms with van der Waals surface area (Å²) in [6.45, 7) is 1.91. The van der Waals surface area contributed by atoms with Crippen LogP contribution in [0.4, 0.5) is 5.69 Å². The Hall–Kier alpha value is -1.90. The second-order valence-electron chi connectivity index (χ2n) is 5.15. The normalized spacial score (nSPS) is 10.7. The molecule has 1 aromatic heterocycles. The summed E-state index contributed by atoms with van der Waals surface area (Å²) in [4.78, 5) is 12.1. The zero-order valence-electron chi connectivity index (χ0n) is 13.1. The minimum Gasteiger partial charge on any atom is -0.325 e. The first-order valence-electron chi connectivity index (χ1n) is 7.26. The van der Waals surface area contributed by atoms with Crippen molar-refractivity contribution < 1.29 is 4.79 Å². The summed E-state index contributed by atoms with van der Waals surface area (Å²) in [6, 6.07) is 13.0. The second kappa shape index (κ2) is 7.99. The van der Waals surface area contributed by atoms with Crippen LogP contribution >= 0.6 is 39.3 Å². The molecule has 0 aliphatic heterocycles. The summed E-state index contributed by atoms with van der Waals surface area (Å²) < 4.78 is 2.56. The van der Waals surface area contributed by atoms with Gasteiger partial charge in [0.1, 0.15) is 0 Å². The SMILES string of the molecule is Cc1ccc(NC(=O)CSc2nnnn2-c2ccc(Br)cc2)cc1Cl. The Kier molecular flexibility index (Phi) is 5.72. The first-order valence-corrected chi connectivity index (χ1v) is 9.42. The third kappa shape index (κ3) is 4.59. The van der Waals surface area contributed by atoms with E-state index < -0.39 is 0 Å². The molecule has 1 N–H and O–H groups in total. The first-order chi connectivity index (χ1) is 12.0. The maximum Gasteiger partial charge on any atom is 0.234 e. The maximum absolute atomic E-state index is 12.1. The largest absolute Gasteiger partial charge is 0.325 e. The van der Waals surface area contributed by atoms with Crippen LogP contribution in [-0.4, -0.2) is 31.9 Å². The van der Waals surface area contributed by atoms with Crippen molar-refractivity contribution in [2.75, 3.05) is 11.1 Å². The highest BCUT2D eigenvalue weighted by molar-refractivity contribution is 9.10. The molecule has 0 atom stereocenters. The number of tetrazole rings is 1. The number of carbonyl (C=O) groups excluding carboxylic acids is 1. The molecule has 0 bridgehead atoms. The molecule has 9 heteroatoms. The summed E-state index contributed by atoms with van der Waals surface area (Å²) in [5.74, 6) is 0.0258. The van der Waals surface area contributed by atoms with Crippen LogP contribution in [0.25, 0.3) is 5.69 Å². The van der Waals surface area contributed by atoms with Crippen molar-refractivity contribution in [1.29, 1.82) is 0 Å². The number of hydrogen-bond donors (Lipinski definition) is 1. The average molecular weight is 439 g/mol. The van der Waals surface area contributed by atoms with E-state index in [1.807, 2.05) is 43.3 Å². The van der Waals surface area contributed by atoms with Crippen LogP contribution < -0.4 is 5.32 Å². The number of aryl methyl sites for hydroxylation is 1. The predicted molar refractivity (Wildman–Crippen MR) is 102 cm³/mol. The van der Waals surface area contributed by atoms with Gasteiger partial charge in [-0.15, -0.1) is 5.10 Å². The van der Waals surface area contributed by atoms with Crippen molar-refractivity contribution in [1.82, 2.24) is 20.2 Å². The van der Waals surface area contributed by atoms with E-state index in [4.69, 9.17) is 11.6 Å². The standard InChI is InChI=1S/C16H13BrClN5OS/c1-10-2-5-12(8-14(10)18)19-15(24)9-25-16-20-21-22-23(16)13-6-3-11(17)4-7-13/h2-8H,9H2,1H3,(H,19,24). The lowest BCUT2D eigenvalue weighted by molar-refractivity contribution is -0.113. The van der Waals surface area contributed by atoms with Gasteiger partial charge in [-0.1, -0.05) is 45.4 Å². The molecule has 25 heavy (non-hydrogen) atoms. The number of halogens is 2. The lowest BCUT2D eigenvalue weighted by Crippen LogP contribution is -2.14. The van der Waals surface area contributed by atoms with Crippen molar-refractivity contribution in [2.45, 2.75) is 12.1 Å². The molecular formula is C16H13BrClN5OS. The molecule has 0 saturated carbocycles. The van der Waals surface area contributed by atoms with Crippen LogP contribution in [0, 0.1) is 6.92 Å². The van der Waals surface area contributed by atoms with E-state index in [9.17, 15) is 4.79 Å². The van der Waals surface area contributed by atoms with Gasteiger partial charge in [0.25, 0.3) is 0 Å². The highest BCUT2D eigenvalue weighted by Gasteiger charge is 2.12. The molecule has 128 valence electrons. The lowest BCUT2D eigenvalue weighted by atomic mass is 10.2. The van der Waals surface area contributed by atoms with Crippen LogP contribution in [0.2, 0.25) is 5.02 Å². The van der Waals surface area contributed by atoms with Crippen molar-refractivity contribution in [2.24, 2.45) is 0 Å². The minimum atomic E-state index is -0.157. The van der Waals surface area contributed by atoms with Gasteiger partial charge < -0.3 is 5.32 Å². The molecule has 1 amide bonds. The zero-order valence-corrected chi connectivity index (χ0v) is 16.3. The Balaban J connectivity index is 1.64. The number of nitrogens with zero attached hydrogens (tertiary/aromatic N) is 4. The fourth-order valence-electron chi connectivity index (χ4n) is 2.01. The number of carbonyl (C=O) groups is 1. The second-order valence-corrected chi connectivity index (χ2v) is 7.42. The number of hydrogen-bond acceptors (Lipinski definition) is 5. The maximum atomic E-state index is 12.1. The molecule has 0 unspecified atom stereocenters. The molecule has 0 aliphatic rings. The predicted octanol–water partition coefficient (Wildman–Crippen LogP) is 4.12. The highest BCUT2D eigenvalue weighted by atomic mass is 79.9.